The number of nitrogens with zero attached hydrogens (tertiary/aromatic N) is 5. The molecule has 3 heterocycles. The van der Waals surface area contributed by atoms with Crippen molar-refractivity contribution in [1.29, 1.82) is 0 Å². The number of urea groups is 1. The number of pyridine rings is 1. The summed E-state index contributed by atoms with van der Waals surface area (Å²) in [6.07, 6.45) is 3.43. The van der Waals surface area contributed by atoms with Crippen molar-refractivity contribution in [3.05, 3.63) is 96.6 Å². The van der Waals surface area contributed by atoms with Gasteiger partial charge in [-0.25, -0.2) is 19.2 Å². The smallest absolute Gasteiger partial charge is 0.323 e. The van der Waals surface area contributed by atoms with Crippen molar-refractivity contribution in [2.24, 2.45) is 0 Å². The highest BCUT2D eigenvalue weighted by molar-refractivity contribution is 6.01. The minimum absolute atomic E-state index is 0.0168. The summed E-state index contributed by atoms with van der Waals surface area (Å²) >= 11 is 0. The fourth-order valence-electron chi connectivity index (χ4n) is 4.94. The van der Waals surface area contributed by atoms with E-state index in [4.69, 9.17) is 5.73 Å². The predicted molar refractivity (Wildman–Crippen MR) is 165 cm³/mol. The Balaban J connectivity index is 1.13. The maximum atomic E-state index is 15.1. The summed E-state index contributed by atoms with van der Waals surface area (Å²) < 4.78 is 15.1. The number of nitrogens with one attached hydrogen (secondary N) is 2. The first kappa shape index (κ1) is 27.7. The molecule has 1 aliphatic rings. The molecule has 0 bridgehead atoms. The molecule has 216 valence electrons. The number of rotatable bonds is 5. The number of nitrogens with two attached hydrogens (primary N) is 1. The van der Waals surface area contributed by atoms with Crippen LogP contribution in [0.2, 0.25) is 0 Å². The van der Waals surface area contributed by atoms with Crippen molar-refractivity contribution < 1.29 is 14.0 Å². The van der Waals surface area contributed by atoms with Crippen molar-refractivity contribution in [2.45, 2.75) is 0 Å². The molecule has 1 saturated heterocycles. The van der Waals surface area contributed by atoms with Gasteiger partial charge in [-0.15, -0.1) is 0 Å². The molecule has 0 spiro atoms. The molecule has 43 heavy (non-hydrogen) atoms. The summed E-state index contributed by atoms with van der Waals surface area (Å²) in [5, 5.41) is 5.88. The monoisotopic (exact) mass is 576 g/mol. The first-order chi connectivity index (χ1) is 20.8. The number of nitrogen functional groups attached to an aromatic ring is 1. The third kappa shape index (κ3) is 6.11. The molecule has 11 heteroatoms. The van der Waals surface area contributed by atoms with Crippen LogP contribution in [0, 0.1) is 5.82 Å². The molecule has 2 aromatic heterocycles. The second-order valence-electron chi connectivity index (χ2n) is 10.3. The van der Waals surface area contributed by atoms with Gasteiger partial charge in [-0.05, 0) is 84.9 Å². The van der Waals surface area contributed by atoms with Gasteiger partial charge in [-0.1, -0.05) is 6.07 Å². The van der Waals surface area contributed by atoms with Crippen LogP contribution in [-0.2, 0) is 0 Å². The van der Waals surface area contributed by atoms with Crippen LogP contribution >= 0.6 is 0 Å². The third-order valence-corrected chi connectivity index (χ3v) is 7.40. The molecule has 3 amide bonds. The van der Waals surface area contributed by atoms with Crippen LogP contribution in [0.3, 0.4) is 0 Å². The van der Waals surface area contributed by atoms with Gasteiger partial charge in [0.25, 0.3) is 5.91 Å². The summed E-state index contributed by atoms with van der Waals surface area (Å²) in [7, 11) is 2.03. The molecule has 0 radical (unpaired) electrons. The van der Waals surface area contributed by atoms with E-state index in [1.165, 1.54) is 12.1 Å². The molecule has 0 atom stereocenters. The number of fused-ring (bicyclic) bond motifs is 1. The van der Waals surface area contributed by atoms with Crippen molar-refractivity contribution in [3.63, 3.8) is 0 Å². The highest BCUT2D eigenvalue weighted by Gasteiger charge is 2.20. The lowest BCUT2D eigenvalue weighted by Crippen LogP contribution is -2.47. The van der Waals surface area contributed by atoms with Gasteiger partial charge >= 0.3 is 6.03 Å². The molecule has 5 aromatic rings. The molecule has 1 fully saturated rings. The molecule has 0 aliphatic carbocycles. The van der Waals surface area contributed by atoms with Crippen LogP contribution in [0.1, 0.15) is 10.4 Å². The SMILES string of the molecule is CN1CCN(C(=O)c2ccc(NC(=O)Nc3ccc(-c4nc(N)c5ccc(-c6ccncc6)cc5n4)cc3F)cc2)CC1. The number of aromatic nitrogens is 3. The number of amides is 3. The number of hydrogen-bond acceptors (Lipinski definition) is 7. The number of anilines is 3. The number of carbonyl (C=O) groups is 2. The van der Waals surface area contributed by atoms with Gasteiger partial charge in [-0.2, -0.15) is 0 Å². The minimum Gasteiger partial charge on any atom is -0.383 e. The van der Waals surface area contributed by atoms with E-state index in [1.807, 2.05) is 42.3 Å². The van der Waals surface area contributed by atoms with Gasteiger partial charge < -0.3 is 26.2 Å². The molecule has 4 N–H and O–H groups in total. The number of benzene rings is 3. The third-order valence-electron chi connectivity index (χ3n) is 7.40. The van der Waals surface area contributed by atoms with E-state index in [0.717, 1.165) is 24.2 Å². The molecular formula is C32H29FN8O2. The van der Waals surface area contributed by atoms with Crippen LogP contribution in [0.5, 0.6) is 0 Å². The summed E-state index contributed by atoms with van der Waals surface area (Å²) in [5.41, 5.74) is 10.2. The number of carbonyl (C=O) groups excluding carboxylic acids is 2. The van der Waals surface area contributed by atoms with Gasteiger partial charge in [0.05, 0.1) is 11.2 Å². The summed E-state index contributed by atoms with van der Waals surface area (Å²) in [5.74, 6) is -0.163. The minimum atomic E-state index is -0.659. The lowest BCUT2D eigenvalue weighted by atomic mass is 10.0. The van der Waals surface area contributed by atoms with Crippen molar-refractivity contribution in [3.8, 4) is 22.5 Å². The van der Waals surface area contributed by atoms with Crippen LogP contribution in [0.15, 0.2) is 85.2 Å². The van der Waals surface area contributed by atoms with Gasteiger partial charge in [-0.3, -0.25) is 9.78 Å². The highest BCUT2D eigenvalue weighted by Crippen LogP contribution is 2.29. The second-order valence-corrected chi connectivity index (χ2v) is 10.3. The van der Waals surface area contributed by atoms with Crippen LogP contribution in [-0.4, -0.2) is 69.9 Å². The van der Waals surface area contributed by atoms with Gasteiger partial charge in [0.15, 0.2) is 5.82 Å². The fraction of sp³-hybridized carbons (Fsp3) is 0.156. The number of piperazine rings is 1. The van der Waals surface area contributed by atoms with Crippen LogP contribution in [0.4, 0.5) is 26.4 Å². The largest absolute Gasteiger partial charge is 0.383 e. The summed E-state index contributed by atoms with van der Waals surface area (Å²) in [6, 6.07) is 19.8. The van der Waals surface area contributed by atoms with Gasteiger partial charge in [0.2, 0.25) is 0 Å². The van der Waals surface area contributed by atoms with Gasteiger partial charge in [0.1, 0.15) is 11.6 Å². The van der Waals surface area contributed by atoms with E-state index < -0.39 is 11.8 Å². The van der Waals surface area contributed by atoms with E-state index in [2.05, 4.69) is 30.5 Å². The average Bonchev–Trinajstić information content (AvgIpc) is 3.02. The predicted octanol–water partition coefficient (Wildman–Crippen LogP) is 5.11. The Morgan fingerprint density at radius 3 is 2.26 bits per heavy atom. The zero-order chi connectivity index (χ0) is 29.9. The summed E-state index contributed by atoms with van der Waals surface area (Å²) in [6.45, 7) is 3.02. The molecule has 1 aliphatic heterocycles. The number of halogens is 1. The quantitative estimate of drug-likeness (QED) is 0.265. The number of hydrogen-bond donors (Lipinski definition) is 3. The topological polar surface area (TPSA) is 129 Å². The maximum Gasteiger partial charge on any atom is 0.323 e. The highest BCUT2D eigenvalue weighted by atomic mass is 19.1. The van der Waals surface area contributed by atoms with E-state index in [0.29, 0.717) is 40.8 Å². The normalized spacial score (nSPS) is 13.6. The average molecular weight is 577 g/mol. The van der Waals surface area contributed by atoms with E-state index in [1.54, 1.807) is 42.7 Å². The molecule has 0 unspecified atom stereocenters. The van der Waals surface area contributed by atoms with Crippen molar-refractivity contribution in [1.82, 2.24) is 24.8 Å². The van der Waals surface area contributed by atoms with Crippen LogP contribution < -0.4 is 16.4 Å². The fourth-order valence-corrected chi connectivity index (χ4v) is 4.94. The maximum absolute atomic E-state index is 15.1. The van der Waals surface area contributed by atoms with E-state index in [9.17, 15) is 9.59 Å². The standard InChI is InChI=1S/C32H29FN8O2/c1-40-14-16-41(17-15-40)31(42)21-2-6-24(7-3-21)36-32(43)38-27-9-5-23(18-26(27)33)30-37-28-19-22(20-10-12-35-13-11-20)4-8-25(28)29(34)39-30/h2-13,18-19H,14-17H2,1H3,(H2,34,37,39)(H2,36,38,43). The Morgan fingerprint density at radius 1 is 0.814 bits per heavy atom. The van der Waals surface area contributed by atoms with E-state index >= 15 is 4.39 Å². The molecular weight excluding hydrogens is 547 g/mol. The molecule has 6 rings (SSSR count). The lowest BCUT2D eigenvalue weighted by molar-refractivity contribution is 0.0664. The molecule has 3 aromatic carbocycles. The Hall–Kier alpha value is -5.42. The zero-order valence-corrected chi connectivity index (χ0v) is 23.4. The Kier molecular flexibility index (Phi) is 7.63. The molecule has 10 nitrogen and oxygen atoms in total. The Bertz CT molecular complexity index is 1810. The lowest BCUT2D eigenvalue weighted by Gasteiger charge is -2.32. The van der Waals surface area contributed by atoms with Gasteiger partial charge in [0, 0.05) is 60.8 Å². The van der Waals surface area contributed by atoms with E-state index in [-0.39, 0.29) is 23.2 Å². The second kappa shape index (κ2) is 11.8. The van der Waals surface area contributed by atoms with Crippen molar-refractivity contribution in [2.75, 3.05) is 49.6 Å². The Labute approximate surface area is 247 Å². The molecule has 0 saturated carbocycles. The zero-order valence-electron chi connectivity index (χ0n) is 23.4. The van der Waals surface area contributed by atoms with Crippen LogP contribution in [0.25, 0.3) is 33.4 Å². The first-order valence-corrected chi connectivity index (χ1v) is 13.8. The summed E-state index contributed by atoms with van der Waals surface area (Å²) in [4.78, 5) is 42.4. The Morgan fingerprint density at radius 2 is 1.53 bits per heavy atom. The first-order valence-electron chi connectivity index (χ1n) is 13.8. The number of likely N-dealkylation sites (N-methyl/N-ethyl adjacent to an activating group) is 1. The van der Waals surface area contributed by atoms with Crippen molar-refractivity contribution >= 4 is 40.0 Å².